The molecule has 4 nitrogen and oxygen atoms in total. The number of aryl methyl sites for hydroxylation is 2. The van der Waals surface area contributed by atoms with Crippen LogP contribution in [0.3, 0.4) is 0 Å². The van der Waals surface area contributed by atoms with Crippen LogP contribution < -0.4 is 0 Å². The molecular formula is C17H14N2O2S. The minimum atomic E-state index is -0.798. The Hall–Kier alpha value is -2.45. The molecule has 2 aromatic heterocycles. The number of nitrogens with zero attached hydrogens (tertiary/aromatic N) is 2. The Morgan fingerprint density at radius 1 is 1.36 bits per heavy atom. The number of benzene rings is 1. The van der Waals surface area contributed by atoms with Crippen LogP contribution in [0, 0.1) is 18.3 Å². The van der Waals surface area contributed by atoms with Crippen LogP contribution in [0.1, 0.15) is 28.9 Å². The van der Waals surface area contributed by atoms with Gasteiger partial charge in [0.25, 0.3) is 0 Å². The summed E-state index contributed by atoms with van der Waals surface area (Å²) >= 11 is 1.41. The minimum absolute atomic E-state index is 0.115. The molecule has 0 aliphatic heterocycles. The molecule has 0 aliphatic rings. The van der Waals surface area contributed by atoms with E-state index in [0.29, 0.717) is 11.4 Å². The zero-order valence-electron chi connectivity index (χ0n) is 12.1. The Bertz CT molecular complexity index is 824. The lowest BCUT2D eigenvalue weighted by Crippen LogP contribution is -2.11. The molecule has 0 radical (unpaired) electrons. The number of ketones is 1. The molecule has 0 bridgehead atoms. The van der Waals surface area contributed by atoms with Gasteiger partial charge in [0, 0.05) is 12.8 Å². The van der Waals surface area contributed by atoms with Gasteiger partial charge in [-0.05, 0) is 31.2 Å². The molecule has 0 saturated heterocycles. The van der Waals surface area contributed by atoms with E-state index in [2.05, 4.69) is 11.1 Å². The number of hydrogen-bond donors (Lipinski definition) is 0. The highest BCUT2D eigenvalue weighted by Crippen LogP contribution is 2.28. The van der Waals surface area contributed by atoms with Crippen LogP contribution in [-0.2, 0) is 11.2 Å². The third-order valence-corrected chi connectivity index (χ3v) is 4.52. The van der Waals surface area contributed by atoms with Crippen molar-refractivity contribution in [2.24, 2.45) is 0 Å². The fraction of sp³-hybridized carbons (Fsp3) is 0.235. The Morgan fingerprint density at radius 2 is 2.18 bits per heavy atom. The molecule has 2 heterocycles. The SMILES string of the molecule is Cc1ccc(CCC(=O)[C@H](C#N)c2nc3ccccc3s2)o1. The van der Waals surface area contributed by atoms with E-state index in [0.717, 1.165) is 21.7 Å². The van der Waals surface area contributed by atoms with E-state index >= 15 is 0 Å². The molecule has 110 valence electrons. The molecule has 0 spiro atoms. The van der Waals surface area contributed by atoms with E-state index in [1.807, 2.05) is 43.3 Å². The summed E-state index contributed by atoms with van der Waals surface area (Å²) in [6.45, 7) is 1.87. The van der Waals surface area contributed by atoms with Gasteiger partial charge in [-0.2, -0.15) is 5.26 Å². The molecule has 0 amide bonds. The Morgan fingerprint density at radius 3 is 2.86 bits per heavy atom. The molecule has 0 saturated carbocycles. The first kappa shape index (κ1) is 14.5. The van der Waals surface area contributed by atoms with E-state index in [-0.39, 0.29) is 12.2 Å². The van der Waals surface area contributed by atoms with Gasteiger partial charge in [0.15, 0.2) is 11.7 Å². The van der Waals surface area contributed by atoms with Crippen molar-refractivity contribution in [3.8, 4) is 6.07 Å². The van der Waals surface area contributed by atoms with Gasteiger partial charge >= 0.3 is 0 Å². The molecule has 0 aliphatic carbocycles. The second-order valence-electron chi connectivity index (χ2n) is 5.06. The molecule has 5 heteroatoms. The number of hydrogen-bond acceptors (Lipinski definition) is 5. The lowest BCUT2D eigenvalue weighted by atomic mass is 10.0. The van der Waals surface area contributed by atoms with Crippen LogP contribution >= 0.6 is 11.3 Å². The van der Waals surface area contributed by atoms with E-state index in [9.17, 15) is 10.1 Å². The summed E-state index contributed by atoms with van der Waals surface area (Å²) in [5, 5.41) is 9.92. The third kappa shape index (κ3) is 2.92. The van der Waals surface area contributed by atoms with Gasteiger partial charge in [-0.1, -0.05) is 12.1 Å². The number of Topliss-reactive ketones (excluding diaryl/α,β-unsaturated/α-hetero) is 1. The van der Waals surface area contributed by atoms with Crippen LogP contribution in [0.15, 0.2) is 40.8 Å². The van der Waals surface area contributed by atoms with Crippen LogP contribution in [-0.4, -0.2) is 10.8 Å². The summed E-state index contributed by atoms with van der Waals surface area (Å²) in [5.74, 6) is 0.682. The summed E-state index contributed by atoms with van der Waals surface area (Å²) in [7, 11) is 0. The fourth-order valence-corrected chi connectivity index (χ4v) is 3.32. The number of nitriles is 1. The third-order valence-electron chi connectivity index (χ3n) is 3.42. The van der Waals surface area contributed by atoms with Gasteiger partial charge in [-0.25, -0.2) is 4.98 Å². The van der Waals surface area contributed by atoms with Crippen LogP contribution in [0.4, 0.5) is 0 Å². The topological polar surface area (TPSA) is 66.9 Å². The Kier molecular flexibility index (Phi) is 4.03. The highest BCUT2D eigenvalue weighted by molar-refractivity contribution is 7.18. The monoisotopic (exact) mass is 310 g/mol. The first-order valence-corrected chi connectivity index (χ1v) is 7.82. The lowest BCUT2D eigenvalue weighted by molar-refractivity contribution is -0.119. The number of carbonyl (C=O) groups is 1. The zero-order chi connectivity index (χ0) is 15.5. The first-order chi connectivity index (χ1) is 10.7. The molecule has 0 unspecified atom stereocenters. The number of thiazole rings is 1. The standard InChI is InChI=1S/C17H14N2O2S/c1-11-6-7-12(21-11)8-9-15(20)13(10-18)17-19-14-4-2-3-5-16(14)22-17/h2-7,13H,8-9H2,1H3/t13-/m0/s1. The maximum atomic E-state index is 12.3. The van der Waals surface area contributed by atoms with E-state index in [1.54, 1.807) is 0 Å². The van der Waals surface area contributed by atoms with Crippen molar-refractivity contribution in [1.82, 2.24) is 4.98 Å². The van der Waals surface area contributed by atoms with Gasteiger partial charge in [-0.15, -0.1) is 11.3 Å². The van der Waals surface area contributed by atoms with Crippen LogP contribution in [0.2, 0.25) is 0 Å². The van der Waals surface area contributed by atoms with Crippen LogP contribution in [0.5, 0.6) is 0 Å². The number of rotatable bonds is 5. The van der Waals surface area contributed by atoms with Crippen molar-refractivity contribution in [1.29, 1.82) is 5.26 Å². The molecule has 1 aromatic carbocycles. The number of carbonyl (C=O) groups excluding carboxylic acids is 1. The highest BCUT2D eigenvalue weighted by atomic mass is 32.1. The maximum absolute atomic E-state index is 12.3. The number of aromatic nitrogens is 1. The summed E-state index contributed by atoms with van der Waals surface area (Å²) in [5.41, 5.74) is 0.831. The molecule has 1 atom stereocenters. The molecule has 22 heavy (non-hydrogen) atoms. The molecule has 0 N–H and O–H groups in total. The van der Waals surface area contributed by atoms with Crippen molar-refractivity contribution in [2.45, 2.75) is 25.7 Å². The molecule has 3 aromatic rings. The summed E-state index contributed by atoms with van der Waals surface area (Å²) < 4.78 is 6.45. The number of fused-ring (bicyclic) bond motifs is 1. The lowest BCUT2D eigenvalue weighted by Gasteiger charge is -2.03. The molecule has 3 rings (SSSR count). The van der Waals surface area contributed by atoms with Crippen molar-refractivity contribution < 1.29 is 9.21 Å². The second-order valence-corrected chi connectivity index (χ2v) is 6.12. The van der Waals surface area contributed by atoms with Gasteiger partial charge in [0.1, 0.15) is 16.5 Å². The fourth-order valence-electron chi connectivity index (χ4n) is 2.29. The molecule has 0 fully saturated rings. The number of furan rings is 1. The number of para-hydroxylation sites is 1. The van der Waals surface area contributed by atoms with Gasteiger partial charge < -0.3 is 4.42 Å². The predicted octanol–water partition coefficient (Wildman–Crippen LogP) is 4.01. The van der Waals surface area contributed by atoms with Gasteiger partial charge in [-0.3, -0.25) is 4.79 Å². The van der Waals surface area contributed by atoms with E-state index in [1.165, 1.54) is 11.3 Å². The predicted molar refractivity (Wildman–Crippen MR) is 84.7 cm³/mol. The summed E-state index contributed by atoms with van der Waals surface area (Å²) in [6.07, 6.45) is 0.789. The first-order valence-electron chi connectivity index (χ1n) is 7.00. The smallest absolute Gasteiger partial charge is 0.157 e. The Labute approximate surface area is 132 Å². The van der Waals surface area contributed by atoms with Crippen molar-refractivity contribution in [3.63, 3.8) is 0 Å². The minimum Gasteiger partial charge on any atom is -0.466 e. The zero-order valence-corrected chi connectivity index (χ0v) is 12.9. The average Bonchev–Trinajstić information content (AvgIpc) is 3.11. The van der Waals surface area contributed by atoms with E-state index in [4.69, 9.17) is 4.42 Å². The quantitative estimate of drug-likeness (QED) is 0.714. The largest absolute Gasteiger partial charge is 0.466 e. The van der Waals surface area contributed by atoms with Crippen LogP contribution in [0.25, 0.3) is 10.2 Å². The maximum Gasteiger partial charge on any atom is 0.157 e. The van der Waals surface area contributed by atoms with Crippen molar-refractivity contribution >= 4 is 27.3 Å². The molecular weight excluding hydrogens is 296 g/mol. The van der Waals surface area contributed by atoms with Crippen molar-refractivity contribution in [3.05, 3.63) is 52.9 Å². The highest BCUT2D eigenvalue weighted by Gasteiger charge is 2.23. The second kappa shape index (κ2) is 6.12. The summed E-state index contributed by atoms with van der Waals surface area (Å²) in [6, 6.07) is 13.5. The van der Waals surface area contributed by atoms with Crippen molar-refractivity contribution in [2.75, 3.05) is 0 Å². The average molecular weight is 310 g/mol. The Balaban J connectivity index is 1.75. The summed E-state index contributed by atoms with van der Waals surface area (Å²) in [4.78, 5) is 16.7. The van der Waals surface area contributed by atoms with Gasteiger partial charge in [0.05, 0.1) is 16.3 Å². The van der Waals surface area contributed by atoms with Gasteiger partial charge in [0.2, 0.25) is 0 Å². The van der Waals surface area contributed by atoms with E-state index < -0.39 is 5.92 Å². The normalized spacial score (nSPS) is 12.2.